The number of amides is 1. The molecule has 0 aliphatic heterocycles. The lowest BCUT2D eigenvalue weighted by molar-refractivity contribution is 0.1000. The maximum absolute atomic E-state index is 11.6. The molecule has 0 radical (unpaired) electrons. The molecule has 1 aromatic carbocycles. The van der Waals surface area contributed by atoms with Crippen LogP contribution in [0, 0.1) is 0 Å². The Morgan fingerprint density at radius 2 is 2.06 bits per heavy atom. The monoisotopic (exact) mass is 228 g/mol. The van der Waals surface area contributed by atoms with E-state index in [-0.39, 0.29) is 5.41 Å². The first-order valence-corrected chi connectivity index (χ1v) is 5.52. The van der Waals surface area contributed by atoms with Gasteiger partial charge in [-0.3, -0.25) is 4.79 Å². The summed E-state index contributed by atoms with van der Waals surface area (Å²) >= 11 is 0. The van der Waals surface area contributed by atoms with Crippen molar-refractivity contribution >= 4 is 16.8 Å². The van der Waals surface area contributed by atoms with Crippen LogP contribution in [0.15, 0.2) is 36.9 Å². The van der Waals surface area contributed by atoms with Gasteiger partial charge in [0.25, 0.3) is 5.91 Å². The molecule has 0 fully saturated rings. The fraction of sp³-hybridized carbons (Fsp3) is 0.214. The van der Waals surface area contributed by atoms with Crippen LogP contribution in [-0.2, 0) is 5.41 Å². The molecule has 0 spiro atoms. The highest BCUT2D eigenvalue weighted by Crippen LogP contribution is 2.31. The van der Waals surface area contributed by atoms with Gasteiger partial charge in [-0.2, -0.15) is 0 Å². The third-order valence-corrected chi connectivity index (χ3v) is 3.11. The lowest BCUT2D eigenvalue weighted by Crippen LogP contribution is -2.21. The number of carbonyl (C=O) groups is 1. The van der Waals surface area contributed by atoms with Gasteiger partial charge in [-0.25, -0.2) is 0 Å². The number of nitrogens with one attached hydrogen (secondary N) is 1. The van der Waals surface area contributed by atoms with E-state index in [1.807, 2.05) is 44.2 Å². The zero-order chi connectivity index (χ0) is 12.6. The molecule has 17 heavy (non-hydrogen) atoms. The van der Waals surface area contributed by atoms with E-state index in [0.29, 0.717) is 5.56 Å². The zero-order valence-electron chi connectivity index (χ0n) is 10.1. The van der Waals surface area contributed by atoms with E-state index in [4.69, 9.17) is 5.73 Å². The van der Waals surface area contributed by atoms with Gasteiger partial charge in [0.15, 0.2) is 0 Å². The molecule has 1 heterocycles. The summed E-state index contributed by atoms with van der Waals surface area (Å²) in [4.78, 5) is 14.9. The van der Waals surface area contributed by atoms with Crippen molar-refractivity contribution in [2.45, 2.75) is 19.3 Å². The van der Waals surface area contributed by atoms with E-state index in [1.54, 1.807) is 0 Å². The first-order chi connectivity index (χ1) is 7.97. The van der Waals surface area contributed by atoms with Crippen molar-refractivity contribution < 1.29 is 4.79 Å². The van der Waals surface area contributed by atoms with Crippen LogP contribution in [0.4, 0.5) is 0 Å². The molecule has 0 unspecified atom stereocenters. The summed E-state index contributed by atoms with van der Waals surface area (Å²) < 4.78 is 0. The predicted octanol–water partition coefficient (Wildman–Crippen LogP) is 2.73. The van der Waals surface area contributed by atoms with Crippen molar-refractivity contribution in [3.8, 4) is 0 Å². The molecular formula is C14H16N2O. The van der Waals surface area contributed by atoms with Crippen LogP contribution in [0.25, 0.3) is 10.9 Å². The van der Waals surface area contributed by atoms with E-state index in [9.17, 15) is 4.79 Å². The number of aromatic amines is 1. The largest absolute Gasteiger partial charge is 0.366 e. The number of allylic oxidation sites excluding steroid dienone is 1. The van der Waals surface area contributed by atoms with Gasteiger partial charge < -0.3 is 10.7 Å². The third-order valence-electron chi connectivity index (χ3n) is 3.11. The number of fused-ring (bicyclic) bond motifs is 1. The molecule has 2 aromatic rings. The fourth-order valence-corrected chi connectivity index (χ4v) is 1.98. The summed E-state index contributed by atoms with van der Waals surface area (Å²) in [6.07, 6.45) is 1.81. The van der Waals surface area contributed by atoms with Crippen molar-refractivity contribution in [3.63, 3.8) is 0 Å². The standard InChI is InChI=1S/C14H16N2O/c1-4-14(2,3)12-11(13(15)17)9-7-5-6-8-10(9)16-12/h4-8,16H,1H2,2-3H3,(H2,15,17). The molecule has 0 aliphatic carbocycles. The van der Waals surface area contributed by atoms with Crippen molar-refractivity contribution in [2.75, 3.05) is 0 Å². The van der Waals surface area contributed by atoms with Crippen LogP contribution in [0.5, 0.6) is 0 Å². The summed E-state index contributed by atoms with van der Waals surface area (Å²) in [5.74, 6) is -0.410. The second-order valence-electron chi connectivity index (χ2n) is 4.71. The van der Waals surface area contributed by atoms with E-state index in [0.717, 1.165) is 16.6 Å². The lowest BCUT2D eigenvalue weighted by atomic mass is 9.86. The Morgan fingerprint density at radius 3 is 2.65 bits per heavy atom. The minimum absolute atomic E-state index is 0.316. The number of benzene rings is 1. The number of carbonyl (C=O) groups excluding carboxylic acids is 1. The molecule has 0 saturated heterocycles. The van der Waals surface area contributed by atoms with E-state index >= 15 is 0 Å². The van der Waals surface area contributed by atoms with Gasteiger partial charge in [-0.15, -0.1) is 6.58 Å². The van der Waals surface area contributed by atoms with Gasteiger partial charge in [0.05, 0.1) is 5.56 Å². The second-order valence-corrected chi connectivity index (χ2v) is 4.71. The van der Waals surface area contributed by atoms with Crippen LogP contribution in [0.2, 0.25) is 0 Å². The highest BCUT2D eigenvalue weighted by Gasteiger charge is 2.26. The van der Waals surface area contributed by atoms with Crippen molar-refractivity contribution in [1.29, 1.82) is 0 Å². The Labute approximate surface area is 100 Å². The van der Waals surface area contributed by atoms with Gasteiger partial charge in [-0.1, -0.05) is 38.1 Å². The SMILES string of the molecule is C=CC(C)(C)c1[nH]c2ccccc2c1C(N)=O. The highest BCUT2D eigenvalue weighted by molar-refractivity contribution is 6.07. The minimum atomic E-state index is -0.410. The average Bonchev–Trinajstić information content (AvgIpc) is 2.68. The van der Waals surface area contributed by atoms with Crippen LogP contribution >= 0.6 is 0 Å². The smallest absolute Gasteiger partial charge is 0.251 e. The van der Waals surface area contributed by atoms with E-state index in [2.05, 4.69) is 11.6 Å². The molecule has 1 amide bonds. The van der Waals surface area contributed by atoms with Gasteiger partial charge in [0.2, 0.25) is 0 Å². The van der Waals surface area contributed by atoms with Crippen LogP contribution < -0.4 is 5.73 Å². The van der Waals surface area contributed by atoms with Crippen molar-refractivity contribution in [3.05, 3.63) is 48.2 Å². The summed E-state index contributed by atoms with van der Waals surface area (Å²) in [7, 11) is 0. The normalized spacial score (nSPS) is 11.6. The summed E-state index contributed by atoms with van der Waals surface area (Å²) in [5.41, 5.74) is 7.47. The molecule has 88 valence electrons. The highest BCUT2D eigenvalue weighted by atomic mass is 16.1. The number of nitrogens with two attached hydrogens (primary N) is 1. The quantitative estimate of drug-likeness (QED) is 0.780. The molecule has 1 aromatic heterocycles. The average molecular weight is 228 g/mol. The van der Waals surface area contributed by atoms with Crippen LogP contribution in [0.1, 0.15) is 29.9 Å². The summed E-state index contributed by atoms with van der Waals surface area (Å²) in [5, 5.41) is 0.866. The number of hydrogen-bond acceptors (Lipinski definition) is 1. The van der Waals surface area contributed by atoms with Gasteiger partial charge >= 0.3 is 0 Å². The number of aromatic nitrogens is 1. The fourth-order valence-electron chi connectivity index (χ4n) is 1.98. The summed E-state index contributed by atoms with van der Waals surface area (Å²) in [6.45, 7) is 7.80. The topological polar surface area (TPSA) is 58.9 Å². The molecule has 3 heteroatoms. The van der Waals surface area contributed by atoms with Crippen LogP contribution in [0.3, 0.4) is 0 Å². The Morgan fingerprint density at radius 1 is 1.41 bits per heavy atom. The van der Waals surface area contributed by atoms with Gasteiger partial charge in [0.1, 0.15) is 0 Å². The molecule has 0 saturated carbocycles. The number of H-pyrrole nitrogens is 1. The minimum Gasteiger partial charge on any atom is -0.366 e. The lowest BCUT2D eigenvalue weighted by Gasteiger charge is -2.19. The predicted molar refractivity (Wildman–Crippen MR) is 70.0 cm³/mol. The Balaban J connectivity index is 2.84. The third kappa shape index (κ3) is 1.73. The van der Waals surface area contributed by atoms with Gasteiger partial charge in [0, 0.05) is 22.0 Å². The van der Waals surface area contributed by atoms with Crippen molar-refractivity contribution in [1.82, 2.24) is 4.98 Å². The number of hydrogen-bond donors (Lipinski definition) is 2. The Kier molecular flexibility index (Phi) is 2.54. The molecule has 0 atom stereocenters. The maximum Gasteiger partial charge on any atom is 0.251 e. The molecule has 3 nitrogen and oxygen atoms in total. The first-order valence-electron chi connectivity index (χ1n) is 5.52. The Hall–Kier alpha value is -2.03. The molecule has 2 rings (SSSR count). The molecule has 0 bridgehead atoms. The van der Waals surface area contributed by atoms with Crippen LogP contribution in [-0.4, -0.2) is 10.9 Å². The number of para-hydroxylation sites is 1. The van der Waals surface area contributed by atoms with E-state index < -0.39 is 5.91 Å². The first kappa shape index (κ1) is 11.5. The van der Waals surface area contributed by atoms with E-state index in [1.165, 1.54) is 0 Å². The molecule has 3 N–H and O–H groups in total. The zero-order valence-corrected chi connectivity index (χ0v) is 10.1. The summed E-state index contributed by atoms with van der Waals surface area (Å²) in [6, 6.07) is 7.65. The molecule has 0 aliphatic rings. The second kappa shape index (κ2) is 3.77. The Bertz CT molecular complexity index is 593. The number of primary amides is 1. The van der Waals surface area contributed by atoms with Crippen molar-refractivity contribution in [2.24, 2.45) is 5.73 Å². The maximum atomic E-state index is 11.6. The molecular weight excluding hydrogens is 212 g/mol. The number of rotatable bonds is 3. The van der Waals surface area contributed by atoms with Gasteiger partial charge in [-0.05, 0) is 6.07 Å².